The van der Waals surface area contributed by atoms with E-state index in [0.29, 0.717) is 17.0 Å². The van der Waals surface area contributed by atoms with Crippen molar-refractivity contribution in [2.75, 3.05) is 5.32 Å². The molecule has 5 nitrogen and oxygen atoms in total. The van der Waals surface area contributed by atoms with Crippen LogP contribution in [-0.2, 0) is 12.8 Å². The van der Waals surface area contributed by atoms with Crippen LogP contribution in [0.1, 0.15) is 11.1 Å². The maximum absolute atomic E-state index is 6.02. The highest BCUT2D eigenvalue weighted by Crippen LogP contribution is 2.25. The number of hydrogen-bond donors (Lipinski definition) is 1. The summed E-state index contributed by atoms with van der Waals surface area (Å²) in [6.07, 6.45) is 3.49. The van der Waals surface area contributed by atoms with E-state index in [1.165, 1.54) is 17.5 Å². The quantitative estimate of drug-likeness (QED) is 0.735. The van der Waals surface area contributed by atoms with Gasteiger partial charge in [0.25, 0.3) is 5.78 Å². The number of aromatic nitrogens is 4. The Kier molecular flexibility index (Phi) is 2.60. The first-order chi connectivity index (χ1) is 9.79. The summed E-state index contributed by atoms with van der Waals surface area (Å²) < 4.78 is 1.68. The minimum Gasteiger partial charge on any atom is -0.366 e. The predicted octanol–water partition coefficient (Wildman–Crippen LogP) is 2.36. The Morgan fingerprint density at radius 1 is 1.20 bits per heavy atom. The number of fused-ring (bicyclic) bond motifs is 2. The largest absolute Gasteiger partial charge is 0.366 e. The van der Waals surface area contributed by atoms with E-state index >= 15 is 0 Å². The lowest BCUT2D eigenvalue weighted by Crippen LogP contribution is -2.21. The van der Waals surface area contributed by atoms with Crippen LogP contribution in [0.3, 0.4) is 0 Å². The van der Waals surface area contributed by atoms with E-state index in [2.05, 4.69) is 44.6 Å². The van der Waals surface area contributed by atoms with E-state index < -0.39 is 0 Å². The van der Waals surface area contributed by atoms with Crippen LogP contribution in [0.4, 0.5) is 5.82 Å². The van der Waals surface area contributed by atoms with Crippen LogP contribution < -0.4 is 5.32 Å². The van der Waals surface area contributed by atoms with Crippen molar-refractivity contribution in [1.29, 1.82) is 0 Å². The third kappa shape index (κ3) is 1.91. The minimum absolute atomic E-state index is 0.346. The normalized spacial score (nSPS) is 14.7. The zero-order valence-electron chi connectivity index (χ0n) is 10.6. The molecule has 1 aromatic carbocycles. The van der Waals surface area contributed by atoms with E-state index in [0.717, 1.165) is 18.7 Å². The molecule has 0 unspecified atom stereocenters. The molecular weight excluding hydrogens is 274 g/mol. The van der Waals surface area contributed by atoms with Gasteiger partial charge in [-0.1, -0.05) is 35.9 Å². The van der Waals surface area contributed by atoms with Gasteiger partial charge in [0.2, 0.25) is 0 Å². The monoisotopic (exact) mass is 285 g/mol. The lowest BCUT2D eigenvalue weighted by atomic mass is 10.1. The smallest absolute Gasteiger partial charge is 0.255 e. The number of benzene rings is 1. The third-order valence-corrected chi connectivity index (χ3v) is 3.82. The lowest BCUT2D eigenvalue weighted by Gasteiger charge is -2.14. The zero-order chi connectivity index (χ0) is 13.5. The first-order valence-electron chi connectivity index (χ1n) is 6.49. The summed E-state index contributed by atoms with van der Waals surface area (Å²) in [4.78, 5) is 8.20. The molecule has 2 heterocycles. The van der Waals surface area contributed by atoms with Gasteiger partial charge >= 0.3 is 0 Å². The number of nitrogens with one attached hydrogen (secondary N) is 1. The van der Waals surface area contributed by atoms with E-state index in [-0.39, 0.29) is 0 Å². The molecule has 4 rings (SSSR count). The second-order valence-electron chi connectivity index (χ2n) is 4.95. The molecule has 1 N–H and O–H groups in total. The molecule has 0 aliphatic heterocycles. The van der Waals surface area contributed by atoms with Crippen molar-refractivity contribution in [2.24, 2.45) is 0 Å². The first-order valence-corrected chi connectivity index (χ1v) is 6.87. The van der Waals surface area contributed by atoms with Crippen LogP contribution in [0.15, 0.2) is 36.7 Å². The van der Waals surface area contributed by atoms with Gasteiger partial charge in [-0.3, -0.25) is 0 Å². The number of halogens is 1. The Hall–Kier alpha value is -2.14. The van der Waals surface area contributed by atoms with E-state index in [1.807, 2.05) is 0 Å². The van der Waals surface area contributed by atoms with E-state index in [1.54, 1.807) is 10.6 Å². The summed E-state index contributed by atoms with van der Waals surface area (Å²) in [7, 11) is 0. The molecule has 6 heteroatoms. The maximum Gasteiger partial charge on any atom is 0.255 e. The Morgan fingerprint density at radius 3 is 2.70 bits per heavy atom. The molecule has 0 saturated carbocycles. The van der Waals surface area contributed by atoms with Crippen LogP contribution in [0.2, 0.25) is 5.15 Å². The van der Waals surface area contributed by atoms with Crippen LogP contribution >= 0.6 is 11.6 Å². The highest BCUT2D eigenvalue weighted by atomic mass is 35.5. The molecule has 0 fully saturated rings. The number of rotatable bonds is 2. The van der Waals surface area contributed by atoms with E-state index in [4.69, 9.17) is 11.6 Å². The number of anilines is 1. The highest BCUT2D eigenvalue weighted by molar-refractivity contribution is 6.29. The Labute approximate surface area is 120 Å². The van der Waals surface area contributed by atoms with Gasteiger partial charge in [0.1, 0.15) is 17.3 Å². The van der Waals surface area contributed by atoms with Gasteiger partial charge < -0.3 is 5.32 Å². The molecule has 0 bridgehead atoms. The van der Waals surface area contributed by atoms with Crippen molar-refractivity contribution >= 4 is 23.2 Å². The summed E-state index contributed by atoms with van der Waals surface area (Å²) >= 11 is 6.02. The van der Waals surface area contributed by atoms with Crippen molar-refractivity contribution < 1.29 is 0 Å². The fourth-order valence-corrected chi connectivity index (χ4v) is 2.94. The van der Waals surface area contributed by atoms with Crippen molar-refractivity contribution in [3.05, 3.63) is 52.9 Å². The third-order valence-electron chi connectivity index (χ3n) is 3.62. The van der Waals surface area contributed by atoms with Gasteiger partial charge in [-0.05, 0) is 24.0 Å². The first kappa shape index (κ1) is 11.7. The van der Waals surface area contributed by atoms with Crippen LogP contribution in [-0.4, -0.2) is 25.6 Å². The fourth-order valence-electron chi connectivity index (χ4n) is 2.76. The van der Waals surface area contributed by atoms with Gasteiger partial charge in [-0.25, -0.2) is 0 Å². The molecule has 20 heavy (non-hydrogen) atoms. The highest BCUT2D eigenvalue weighted by Gasteiger charge is 2.21. The van der Waals surface area contributed by atoms with Crippen LogP contribution in [0, 0.1) is 0 Å². The van der Waals surface area contributed by atoms with Crippen molar-refractivity contribution in [1.82, 2.24) is 19.6 Å². The maximum atomic E-state index is 6.02. The van der Waals surface area contributed by atoms with Crippen LogP contribution in [0.5, 0.6) is 0 Å². The molecule has 2 aromatic heterocycles. The van der Waals surface area contributed by atoms with Crippen molar-refractivity contribution in [2.45, 2.75) is 18.9 Å². The fraction of sp³-hybridized carbons (Fsp3) is 0.214. The molecule has 1 aliphatic rings. The second kappa shape index (κ2) is 4.45. The SMILES string of the molecule is Clc1cc(NC2Cc3ccccc3C2)n2ncnc2n1. The molecular formula is C14H12ClN5. The summed E-state index contributed by atoms with van der Waals surface area (Å²) in [5.41, 5.74) is 2.81. The Morgan fingerprint density at radius 2 is 1.95 bits per heavy atom. The van der Waals surface area contributed by atoms with Gasteiger partial charge in [-0.15, -0.1) is 0 Å². The molecule has 100 valence electrons. The van der Waals surface area contributed by atoms with Gasteiger partial charge in [0.15, 0.2) is 0 Å². The lowest BCUT2D eigenvalue weighted by molar-refractivity contribution is 0.757. The zero-order valence-corrected chi connectivity index (χ0v) is 11.4. The minimum atomic E-state index is 0.346. The molecule has 3 aromatic rings. The Balaban J connectivity index is 1.65. The molecule has 1 aliphatic carbocycles. The van der Waals surface area contributed by atoms with Gasteiger partial charge in [-0.2, -0.15) is 19.6 Å². The predicted molar refractivity (Wildman–Crippen MR) is 77.1 cm³/mol. The molecule has 0 amide bonds. The van der Waals surface area contributed by atoms with Crippen molar-refractivity contribution in [3.63, 3.8) is 0 Å². The average Bonchev–Trinajstić information content (AvgIpc) is 3.03. The Bertz CT molecular complexity index is 757. The molecule has 0 saturated heterocycles. The standard InChI is InChI=1S/C14H12ClN5/c15-12-7-13(20-14(19-12)16-8-17-20)18-11-5-9-3-1-2-4-10(9)6-11/h1-4,7-8,11,18H,5-6H2. The summed E-state index contributed by atoms with van der Waals surface area (Å²) in [5, 5.41) is 8.09. The summed E-state index contributed by atoms with van der Waals surface area (Å²) in [6.45, 7) is 0. The van der Waals surface area contributed by atoms with E-state index in [9.17, 15) is 0 Å². The van der Waals surface area contributed by atoms with Gasteiger partial charge in [0.05, 0.1) is 0 Å². The van der Waals surface area contributed by atoms with Crippen LogP contribution in [0.25, 0.3) is 5.78 Å². The summed E-state index contributed by atoms with van der Waals surface area (Å²) in [5.74, 6) is 1.34. The van der Waals surface area contributed by atoms with Gasteiger partial charge in [0, 0.05) is 12.1 Å². The number of nitrogens with zero attached hydrogens (tertiary/aromatic N) is 4. The molecule has 0 atom stereocenters. The summed E-state index contributed by atoms with van der Waals surface area (Å²) in [6, 6.07) is 10.7. The average molecular weight is 286 g/mol. The van der Waals surface area contributed by atoms with Crippen molar-refractivity contribution in [3.8, 4) is 0 Å². The second-order valence-corrected chi connectivity index (χ2v) is 5.34. The molecule has 0 spiro atoms. The molecule has 0 radical (unpaired) electrons. The topological polar surface area (TPSA) is 55.1 Å². The number of hydrogen-bond acceptors (Lipinski definition) is 4.